The summed E-state index contributed by atoms with van der Waals surface area (Å²) in [4.78, 5) is 1.42. The Hall–Kier alpha value is -0.500. The summed E-state index contributed by atoms with van der Waals surface area (Å²) < 4.78 is 67.4. The van der Waals surface area contributed by atoms with Gasteiger partial charge >= 0.3 is 6.18 Å². The van der Waals surface area contributed by atoms with E-state index in [1.165, 1.54) is 4.90 Å². The van der Waals surface area contributed by atoms with Gasteiger partial charge in [0.1, 0.15) is 5.25 Å². The summed E-state index contributed by atoms with van der Waals surface area (Å²) >= 11 is 0. The standard InChI is InChI=1S/C18H33F3N6O2S/c1-25-17-13(8-22-25)4-2-6-16(17)24-30(28,29)15-9-23-27(11-15)14-5-3-7-26(10-14)12-18(19,20)21/h13-17,22-24H,2-12H2,1H3/t13?,14-,15?,16?,17?/m1/s1. The fraction of sp³-hybridized carbons (Fsp3) is 1.00. The van der Waals surface area contributed by atoms with Gasteiger partial charge in [0, 0.05) is 51.4 Å². The first-order chi connectivity index (χ1) is 14.1. The molecular weight excluding hydrogens is 421 g/mol. The van der Waals surface area contributed by atoms with E-state index in [0.29, 0.717) is 38.5 Å². The molecule has 0 radical (unpaired) electrons. The lowest BCUT2D eigenvalue weighted by Gasteiger charge is -2.38. The Morgan fingerprint density at radius 3 is 2.63 bits per heavy atom. The van der Waals surface area contributed by atoms with Gasteiger partial charge in [0.15, 0.2) is 0 Å². The van der Waals surface area contributed by atoms with Crippen LogP contribution in [0.3, 0.4) is 0 Å². The number of hydrogen-bond donors (Lipinski definition) is 3. The van der Waals surface area contributed by atoms with E-state index in [1.54, 1.807) is 0 Å². The summed E-state index contributed by atoms with van der Waals surface area (Å²) in [6, 6.07) is -0.0569. The number of nitrogens with one attached hydrogen (secondary N) is 3. The highest BCUT2D eigenvalue weighted by molar-refractivity contribution is 7.90. The second-order valence-corrected chi connectivity index (χ2v) is 11.2. The molecule has 3 N–H and O–H groups in total. The fourth-order valence-corrected chi connectivity index (χ4v) is 7.14. The number of alkyl halides is 3. The molecule has 0 aromatic rings. The van der Waals surface area contributed by atoms with Gasteiger partial charge in [0.2, 0.25) is 10.0 Å². The van der Waals surface area contributed by atoms with Crippen molar-refractivity contribution in [1.29, 1.82) is 0 Å². The summed E-state index contributed by atoms with van der Waals surface area (Å²) in [6.45, 7) is 1.30. The quantitative estimate of drug-likeness (QED) is 0.544. The molecular formula is C18H33F3N6O2S. The summed E-state index contributed by atoms with van der Waals surface area (Å²) in [6.07, 6.45) is 0.177. The topological polar surface area (TPSA) is 79.9 Å². The van der Waals surface area contributed by atoms with E-state index >= 15 is 0 Å². The third-order valence-corrected chi connectivity index (χ3v) is 8.86. The first-order valence-corrected chi connectivity index (χ1v) is 12.4. The molecule has 3 saturated heterocycles. The molecule has 5 atom stereocenters. The third kappa shape index (κ3) is 5.11. The average Bonchev–Trinajstić information content (AvgIpc) is 3.29. The summed E-state index contributed by atoms with van der Waals surface area (Å²) in [5, 5.41) is 3.28. The predicted octanol–water partition coefficient (Wildman–Crippen LogP) is 0.109. The van der Waals surface area contributed by atoms with Crippen LogP contribution in [0.15, 0.2) is 0 Å². The number of likely N-dealkylation sites (N-methyl/N-ethyl adjacent to an activating group) is 1. The van der Waals surface area contributed by atoms with Crippen LogP contribution in [-0.4, -0.2) is 99.2 Å². The van der Waals surface area contributed by atoms with Crippen molar-refractivity contribution in [1.82, 2.24) is 30.5 Å². The highest BCUT2D eigenvalue weighted by Gasteiger charge is 2.44. The number of rotatable bonds is 5. The zero-order valence-electron chi connectivity index (χ0n) is 17.4. The van der Waals surface area contributed by atoms with E-state index in [4.69, 9.17) is 0 Å². The van der Waals surface area contributed by atoms with Crippen LogP contribution in [0.25, 0.3) is 0 Å². The highest BCUT2D eigenvalue weighted by atomic mass is 32.2. The smallest absolute Gasteiger partial charge is 0.293 e. The fourth-order valence-electron chi connectivity index (χ4n) is 5.62. The minimum Gasteiger partial charge on any atom is -0.293 e. The molecule has 30 heavy (non-hydrogen) atoms. The maximum atomic E-state index is 13.1. The number of nitrogens with zero attached hydrogens (tertiary/aromatic N) is 3. The molecule has 3 heterocycles. The first-order valence-electron chi connectivity index (χ1n) is 10.9. The molecule has 0 amide bonds. The molecule has 4 fully saturated rings. The molecule has 8 nitrogen and oxygen atoms in total. The molecule has 4 rings (SSSR count). The van der Waals surface area contributed by atoms with Crippen LogP contribution < -0.4 is 15.6 Å². The van der Waals surface area contributed by atoms with E-state index < -0.39 is 28.0 Å². The van der Waals surface area contributed by atoms with Crippen molar-refractivity contribution >= 4 is 10.0 Å². The Morgan fingerprint density at radius 2 is 1.87 bits per heavy atom. The first kappa shape index (κ1) is 22.7. The van der Waals surface area contributed by atoms with Crippen molar-refractivity contribution in [3.63, 3.8) is 0 Å². The van der Waals surface area contributed by atoms with Crippen molar-refractivity contribution < 1.29 is 21.6 Å². The van der Waals surface area contributed by atoms with Crippen LogP contribution >= 0.6 is 0 Å². The monoisotopic (exact) mass is 454 g/mol. The minimum atomic E-state index is -4.21. The van der Waals surface area contributed by atoms with Crippen LogP contribution in [0.2, 0.25) is 0 Å². The molecule has 0 spiro atoms. The van der Waals surface area contributed by atoms with Crippen molar-refractivity contribution in [2.75, 3.05) is 46.3 Å². The molecule has 12 heteroatoms. The summed E-state index contributed by atoms with van der Waals surface area (Å²) in [5.74, 6) is 0.455. The van der Waals surface area contributed by atoms with Gasteiger partial charge in [-0.2, -0.15) is 13.2 Å². The van der Waals surface area contributed by atoms with Gasteiger partial charge in [-0.3, -0.25) is 15.8 Å². The van der Waals surface area contributed by atoms with Crippen molar-refractivity contribution in [3.05, 3.63) is 0 Å². The third-order valence-electron chi connectivity index (χ3n) is 7.04. The lowest BCUT2D eigenvalue weighted by atomic mass is 9.82. The Labute approximate surface area is 176 Å². The number of likely N-dealkylation sites (tertiary alicyclic amines) is 1. The van der Waals surface area contributed by atoms with Gasteiger partial charge in [-0.1, -0.05) is 6.42 Å². The Kier molecular flexibility index (Phi) is 6.65. The van der Waals surface area contributed by atoms with Gasteiger partial charge in [0.25, 0.3) is 0 Å². The zero-order chi connectivity index (χ0) is 21.5. The Bertz CT molecular complexity index is 707. The van der Waals surface area contributed by atoms with E-state index in [1.807, 2.05) is 17.1 Å². The maximum Gasteiger partial charge on any atom is 0.401 e. The number of hydrazine groups is 2. The van der Waals surface area contributed by atoms with Crippen LogP contribution in [-0.2, 0) is 10.0 Å². The largest absolute Gasteiger partial charge is 0.401 e. The number of hydrogen-bond acceptors (Lipinski definition) is 7. The lowest BCUT2D eigenvalue weighted by Crippen LogP contribution is -2.55. The summed E-state index contributed by atoms with van der Waals surface area (Å²) in [5.41, 5.74) is 6.45. The van der Waals surface area contributed by atoms with E-state index in [-0.39, 0.29) is 18.1 Å². The average molecular weight is 455 g/mol. The van der Waals surface area contributed by atoms with Gasteiger partial charge < -0.3 is 0 Å². The number of halogens is 3. The van der Waals surface area contributed by atoms with Crippen LogP contribution in [0.5, 0.6) is 0 Å². The molecule has 1 saturated carbocycles. The molecule has 4 aliphatic rings. The molecule has 0 bridgehead atoms. The number of sulfonamides is 1. The zero-order valence-corrected chi connectivity index (χ0v) is 18.2. The SMILES string of the molecule is CN1NCC2CCCC(NS(=O)(=O)C3CNN([C@@H]4CCCN(CC(F)(F)F)C4)C3)C21. The molecule has 174 valence electrons. The predicted molar refractivity (Wildman–Crippen MR) is 107 cm³/mol. The Morgan fingerprint density at radius 1 is 1.07 bits per heavy atom. The van der Waals surface area contributed by atoms with E-state index in [2.05, 4.69) is 15.6 Å². The highest BCUT2D eigenvalue weighted by Crippen LogP contribution is 2.31. The minimum absolute atomic E-state index is 0.106. The second-order valence-electron chi connectivity index (χ2n) is 9.21. The van der Waals surface area contributed by atoms with Gasteiger partial charge in [-0.25, -0.2) is 23.2 Å². The summed E-state index contributed by atoms with van der Waals surface area (Å²) in [7, 11) is -1.57. The van der Waals surface area contributed by atoms with Crippen molar-refractivity contribution in [2.24, 2.45) is 5.92 Å². The molecule has 4 unspecified atom stereocenters. The number of fused-ring (bicyclic) bond motifs is 1. The molecule has 3 aliphatic heterocycles. The van der Waals surface area contributed by atoms with Crippen molar-refractivity contribution in [2.45, 2.75) is 61.7 Å². The van der Waals surface area contributed by atoms with Crippen molar-refractivity contribution in [3.8, 4) is 0 Å². The van der Waals surface area contributed by atoms with Gasteiger partial charge in [-0.05, 0) is 38.1 Å². The van der Waals surface area contributed by atoms with Gasteiger partial charge in [-0.15, -0.1) is 0 Å². The second kappa shape index (κ2) is 8.80. The normalized spacial score (nSPS) is 37.5. The Balaban J connectivity index is 1.34. The van der Waals surface area contributed by atoms with Crippen LogP contribution in [0.1, 0.15) is 32.1 Å². The molecule has 1 aliphatic carbocycles. The van der Waals surface area contributed by atoms with E-state index in [9.17, 15) is 21.6 Å². The van der Waals surface area contributed by atoms with Crippen LogP contribution in [0.4, 0.5) is 13.2 Å². The number of piperidine rings is 1. The maximum absolute atomic E-state index is 13.1. The molecule has 0 aromatic carbocycles. The van der Waals surface area contributed by atoms with Crippen LogP contribution in [0, 0.1) is 5.92 Å². The lowest BCUT2D eigenvalue weighted by molar-refractivity contribution is -0.150. The van der Waals surface area contributed by atoms with E-state index in [0.717, 1.165) is 32.2 Å². The molecule has 0 aromatic heterocycles. The van der Waals surface area contributed by atoms with Gasteiger partial charge in [0.05, 0.1) is 6.54 Å².